The molecule has 23 heavy (non-hydrogen) atoms. The lowest BCUT2D eigenvalue weighted by atomic mass is 9.98. The number of aliphatic hydroxyl groups is 1. The summed E-state index contributed by atoms with van der Waals surface area (Å²) in [6, 6.07) is 0. The zero-order valence-electron chi connectivity index (χ0n) is 12.7. The van der Waals surface area contributed by atoms with Gasteiger partial charge in [-0.3, -0.25) is 14.4 Å². The maximum absolute atomic E-state index is 11.3. The molecule has 1 saturated heterocycles. The molecule has 0 unspecified atom stereocenters. The summed E-state index contributed by atoms with van der Waals surface area (Å²) in [7, 11) is 0. The van der Waals surface area contributed by atoms with E-state index in [1.54, 1.807) is 0 Å². The van der Waals surface area contributed by atoms with E-state index in [1.165, 1.54) is 0 Å². The first-order valence-electron chi connectivity index (χ1n) is 6.62. The molecule has 1 N–H and O–H groups in total. The van der Waals surface area contributed by atoms with Crippen LogP contribution >= 0.6 is 0 Å². The Hall–Kier alpha value is -2.36. The van der Waals surface area contributed by atoms with Gasteiger partial charge in [0.1, 0.15) is 6.10 Å². The third-order valence-electron chi connectivity index (χ3n) is 2.84. The second kappa shape index (κ2) is 8.32. The van der Waals surface area contributed by atoms with Crippen molar-refractivity contribution < 1.29 is 38.4 Å². The average Bonchev–Trinajstić information content (AvgIpc) is 2.42. The highest BCUT2D eigenvalue weighted by molar-refractivity contribution is 5.68. The predicted molar refractivity (Wildman–Crippen MR) is 71.6 cm³/mol. The lowest BCUT2D eigenvalue weighted by Gasteiger charge is -2.42. The molecule has 0 spiro atoms. The summed E-state index contributed by atoms with van der Waals surface area (Å²) in [6.45, 7) is 3.00. The molecule has 0 amide bonds. The SMILES string of the molecule is CC(=O)O[C@@H]1[C@@H](OC(C)=O)[C@@H](O)O[C@H](CN=[N+]=[N-])[C@@H]1OC(C)=O. The normalized spacial score (nSPS) is 29.8. The van der Waals surface area contributed by atoms with Gasteiger partial charge in [-0.15, -0.1) is 0 Å². The molecule has 1 aliphatic heterocycles. The minimum absolute atomic E-state index is 0.296. The molecule has 0 bridgehead atoms. The Labute approximate surface area is 131 Å². The van der Waals surface area contributed by atoms with Crippen LogP contribution < -0.4 is 0 Å². The van der Waals surface area contributed by atoms with Crippen LogP contribution in [0.15, 0.2) is 5.11 Å². The van der Waals surface area contributed by atoms with Crippen LogP contribution in [0.25, 0.3) is 10.4 Å². The Kier molecular flexibility index (Phi) is 6.76. The molecule has 11 nitrogen and oxygen atoms in total. The molecule has 0 aromatic carbocycles. The van der Waals surface area contributed by atoms with Gasteiger partial charge in [-0.25, -0.2) is 0 Å². The number of hydrogen-bond acceptors (Lipinski definition) is 9. The van der Waals surface area contributed by atoms with E-state index in [1.807, 2.05) is 0 Å². The van der Waals surface area contributed by atoms with Crippen molar-refractivity contribution in [1.29, 1.82) is 0 Å². The fourth-order valence-corrected chi connectivity index (χ4v) is 2.14. The highest BCUT2D eigenvalue weighted by Crippen LogP contribution is 2.28. The van der Waals surface area contributed by atoms with E-state index in [0.29, 0.717) is 0 Å². The molecule has 1 rings (SSSR count). The van der Waals surface area contributed by atoms with E-state index in [0.717, 1.165) is 20.8 Å². The monoisotopic (exact) mass is 331 g/mol. The Morgan fingerprint density at radius 2 is 1.52 bits per heavy atom. The van der Waals surface area contributed by atoms with Crippen LogP contribution in [-0.2, 0) is 33.3 Å². The van der Waals surface area contributed by atoms with Gasteiger partial charge >= 0.3 is 17.9 Å². The summed E-state index contributed by atoms with van der Waals surface area (Å²) in [4.78, 5) is 36.3. The van der Waals surface area contributed by atoms with Crippen molar-refractivity contribution in [3.63, 3.8) is 0 Å². The number of esters is 3. The maximum Gasteiger partial charge on any atom is 0.303 e. The summed E-state index contributed by atoms with van der Waals surface area (Å²) in [5, 5.41) is 13.2. The van der Waals surface area contributed by atoms with Gasteiger partial charge < -0.3 is 24.1 Å². The molecule has 0 aromatic rings. The summed E-state index contributed by atoms with van der Waals surface area (Å²) in [5.41, 5.74) is 8.39. The average molecular weight is 331 g/mol. The Morgan fingerprint density at radius 1 is 1.04 bits per heavy atom. The molecule has 128 valence electrons. The van der Waals surface area contributed by atoms with E-state index in [-0.39, 0.29) is 6.54 Å². The first kappa shape index (κ1) is 18.7. The van der Waals surface area contributed by atoms with E-state index in [2.05, 4.69) is 10.0 Å². The summed E-state index contributed by atoms with van der Waals surface area (Å²) >= 11 is 0. The van der Waals surface area contributed by atoms with Gasteiger partial charge in [-0.1, -0.05) is 5.11 Å². The highest BCUT2D eigenvalue weighted by Gasteiger charge is 2.51. The Morgan fingerprint density at radius 3 is 2.00 bits per heavy atom. The number of carbonyl (C=O) groups excluding carboxylic acids is 3. The van der Waals surface area contributed by atoms with Crippen molar-refractivity contribution in [3.05, 3.63) is 10.4 Å². The number of rotatable bonds is 5. The molecule has 0 aromatic heterocycles. The van der Waals surface area contributed by atoms with Crippen molar-refractivity contribution in [1.82, 2.24) is 0 Å². The first-order valence-corrected chi connectivity index (χ1v) is 6.62. The molecule has 11 heteroatoms. The predicted octanol–water partition coefficient (Wildman–Crippen LogP) is -0.191. The smallest absolute Gasteiger partial charge is 0.303 e. The minimum atomic E-state index is -1.66. The van der Waals surface area contributed by atoms with E-state index in [9.17, 15) is 19.5 Å². The second-order valence-electron chi connectivity index (χ2n) is 4.70. The van der Waals surface area contributed by atoms with E-state index >= 15 is 0 Å². The van der Waals surface area contributed by atoms with Crippen molar-refractivity contribution in [3.8, 4) is 0 Å². The molecule has 5 atom stereocenters. The molecule has 0 saturated carbocycles. The minimum Gasteiger partial charge on any atom is -0.456 e. The first-order chi connectivity index (χ1) is 10.8. The Bertz CT molecular complexity index is 518. The molecular weight excluding hydrogens is 314 g/mol. The van der Waals surface area contributed by atoms with Gasteiger partial charge in [0.25, 0.3) is 0 Å². The molecule has 1 fully saturated rings. The zero-order chi connectivity index (χ0) is 17.6. The lowest BCUT2D eigenvalue weighted by Crippen LogP contribution is -2.61. The van der Waals surface area contributed by atoms with Gasteiger partial charge in [0, 0.05) is 25.7 Å². The molecular formula is C12H17N3O8. The number of nitrogens with zero attached hydrogens (tertiary/aromatic N) is 3. The van der Waals surface area contributed by atoms with Crippen molar-refractivity contribution in [2.45, 2.75) is 51.5 Å². The summed E-state index contributed by atoms with van der Waals surface area (Å²) < 4.78 is 20.1. The highest BCUT2D eigenvalue weighted by atomic mass is 16.7. The van der Waals surface area contributed by atoms with Crippen molar-refractivity contribution in [2.75, 3.05) is 6.54 Å². The standard InChI is InChI=1S/C12H17N3O8/c1-5(16)20-9-8(4-14-15-13)23-12(19)11(22-7(3)18)10(9)21-6(2)17/h8-12,19H,4H2,1-3H3/t8-,9+,10+,11-,12+/m1/s1. The zero-order valence-corrected chi connectivity index (χ0v) is 12.7. The molecule has 1 aliphatic rings. The van der Waals surface area contributed by atoms with Crippen LogP contribution in [0.4, 0.5) is 0 Å². The number of azide groups is 1. The second-order valence-corrected chi connectivity index (χ2v) is 4.70. The van der Waals surface area contributed by atoms with Gasteiger partial charge in [-0.2, -0.15) is 0 Å². The van der Waals surface area contributed by atoms with Crippen molar-refractivity contribution in [2.24, 2.45) is 5.11 Å². The van der Waals surface area contributed by atoms with E-state index < -0.39 is 48.6 Å². The fraction of sp³-hybridized carbons (Fsp3) is 0.750. The van der Waals surface area contributed by atoms with Crippen molar-refractivity contribution >= 4 is 17.9 Å². The van der Waals surface area contributed by atoms with Crippen LogP contribution in [0.3, 0.4) is 0 Å². The number of hydrogen-bond donors (Lipinski definition) is 1. The van der Waals surface area contributed by atoms with E-state index in [4.69, 9.17) is 24.5 Å². The quantitative estimate of drug-likeness (QED) is 0.239. The van der Waals surface area contributed by atoms with Crippen LogP contribution in [0, 0.1) is 0 Å². The lowest BCUT2D eigenvalue weighted by molar-refractivity contribution is -0.289. The van der Waals surface area contributed by atoms with Crippen LogP contribution in [0.1, 0.15) is 20.8 Å². The molecule has 1 heterocycles. The van der Waals surface area contributed by atoms with Gasteiger partial charge in [0.15, 0.2) is 24.6 Å². The summed E-state index contributed by atoms with van der Waals surface area (Å²) in [5.74, 6) is -2.23. The Balaban J connectivity index is 3.15. The van der Waals surface area contributed by atoms with Gasteiger partial charge in [0.05, 0.1) is 6.54 Å². The molecule has 0 aliphatic carbocycles. The fourth-order valence-electron chi connectivity index (χ4n) is 2.14. The topological polar surface area (TPSA) is 157 Å². The largest absolute Gasteiger partial charge is 0.456 e. The third kappa shape index (κ3) is 5.40. The number of carbonyl (C=O) groups is 3. The summed E-state index contributed by atoms with van der Waals surface area (Å²) in [6.07, 6.45) is -6.68. The maximum atomic E-state index is 11.3. The van der Waals surface area contributed by atoms with Crippen LogP contribution in [0.2, 0.25) is 0 Å². The number of aliphatic hydroxyl groups excluding tert-OH is 1. The van der Waals surface area contributed by atoms with Gasteiger partial charge in [0.2, 0.25) is 0 Å². The number of ether oxygens (including phenoxy) is 4. The van der Waals surface area contributed by atoms with Gasteiger partial charge in [-0.05, 0) is 5.53 Å². The third-order valence-corrected chi connectivity index (χ3v) is 2.84. The van der Waals surface area contributed by atoms with Crippen LogP contribution in [-0.4, -0.2) is 60.3 Å². The van der Waals surface area contributed by atoms with Crippen LogP contribution in [0.5, 0.6) is 0 Å². The molecule has 0 radical (unpaired) electrons.